The summed E-state index contributed by atoms with van der Waals surface area (Å²) in [6.45, 7) is 4.42. The van der Waals surface area contributed by atoms with Crippen molar-refractivity contribution < 1.29 is 14.3 Å². The van der Waals surface area contributed by atoms with Gasteiger partial charge in [-0.05, 0) is 42.0 Å². The number of benzene rings is 1. The van der Waals surface area contributed by atoms with E-state index in [-0.39, 0.29) is 5.97 Å². The van der Waals surface area contributed by atoms with Crippen molar-refractivity contribution in [1.29, 1.82) is 0 Å². The Labute approximate surface area is 185 Å². The molecule has 9 heteroatoms. The summed E-state index contributed by atoms with van der Waals surface area (Å²) in [4.78, 5) is 13.1. The predicted molar refractivity (Wildman–Crippen MR) is 117 cm³/mol. The maximum absolute atomic E-state index is 13.1. The highest BCUT2D eigenvalue weighted by molar-refractivity contribution is 9.10. The molecule has 8 nitrogen and oxygen atoms in total. The lowest BCUT2D eigenvalue weighted by Crippen LogP contribution is -2.30. The van der Waals surface area contributed by atoms with E-state index < -0.39 is 6.04 Å². The van der Waals surface area contributed by atoms with Crippen molar-refractivity contribution in [3.8, 4) is 5.75 Å². The Hall–Kier alpha value is -2.42. The van der Waals surface area contributed by atoms with E-state index in [1.807, 2.05) is 25.1 Å². The zero-order chi connectivity index (χ0) is 21.5. The molecule has 0 fully saturated rings. The number of tetrazole rings is 1. The first kappa shape index (κ1) is 22.3. The van der Waals surface area contributed by atoms with Crippen LogP contribution in [0.25, 0.3) is 0 Å². The van der Waals surface area contributed by atoms with Crippen molar-refractivity contribution in [2.75, 3.05) is 19.0 Å². The molecule has 0 amide bonds. The number of halogens is 1. The molecule has 1 aliphatic heterocycles. The number of methoxy groups -OCH3 is 1. The summed E-state index contributed by atoms with van der Waals surface area (Å²) in [6, 6.07) is 5.09. The molecule has 162 valence electrons. The summed E-state index contributed by atoms with van der Waals surface area (Å²) in [5.41, 5.74) is 1.90. The minimum absolute atomic E-state index is 0.373. The fourth-order valence-corrected chi connectivity index (χ4v) is 3.99. The molecule has 1 aliphatic rings. The Balaban J connectivity index is 1.81. The normalized spacial score (nSPS) is 15.5. The van der Waals surface area contributed by atoms with Crippen LogP contribution in [-0.4, -0.2) is 39.9 Å². The van der Waals surface area contributed by atoms with E-state index in [4.69, 9.17) is 9.47 Å². The predicted octanol–water partition coefficient (Wildman–Crippen LogP) is 4.64. The Morgan fingerprint density at radius 2 is 2.00 bits per heavy atom. The molecule has 0 unspecified atom stereocenters. The molecule has 2 aromatic rings. The fourth-order valence-electron chi connectivity index (χ4n) is 3.61. The molecule has 1 N–H and O–H groups in total. The molecular weight excluding hydrogens is 450 g/mol. The van der Waals surface area contributed by atoms with Crippen molar-refractivity contribution >= 4 is 27.8 Å². The van der Waals surface area contributed by atoms with Crippen molar-refractivity contribution in [2.24, 2.45) is 0 Å². The van der Waals surface area contributed by atoms with E-state index in [1.165, 1.54) is 25.7 Å². The van der Waals surface area contributed by atoms with Crippen LogP contribution in [-0.2, 0) is 9.53 Å². The topological polar surface area (TPSA) is 91.2 Å². The molecule has 3 rings (SSSR count). The van der Waals surface area contributed by atoms with Gasteiger partial charge < -0.3 is 14.8 Å². The molecule has 0 bridgehead atoms. The Morgan fingerprint density at radius 1 is 1.23 bits per heavy atom. The summed E-state index contributed by atoms with van der Waals surface area (Å²) >= 11 is 3.51. The highest BCUT2D eigenvalue weighted by Gasteiger charge is 2.36. The summed E-state index contributed by atoms with van der Waals surface area (Å²) < 4.78 is 13.6. The number of nitrogens with zero attached hydrogens (tertiary/aromatic N) is 4. The van der Waals surface area contributed by atoms with E-state index in [9.17, 15) is 4.79 Å². The number of carbonyl (C=O) groups excluding carboxylic acids is 1. The van der Waals surface area contributed by atoms with Crippen LogP contribution >= 0.6 is 15.9 Å². The Bertz CT molecular complexity index is 912. The van der Waals surface area contributed by atoms with Gasteiger partial charge in [0, 0.05) is 15.7 Å². The molecule has 1 atom stereocenters. The van der Waals surface area contributed by atoms with Gasteiger partial charge in [-0.25, -0.2) is 4.79 Å². The zero-order valence-electron chi connectivity index (χ0n) is 17.7. The van der Waals surface area contributed by atoms with Gasteiger partial charge in [0.25, 0.3) is 0 Å². The van der Waals surface area contributed by atoms with Crippen molar-refractivity contribution in [3.05, 3.63) is 39.5 Å². The highest BCUT2D eigenvalue weighted by atomic mass is 79.9. The first-order chi connectivity index (χ1) is 14.6. The van der Waals surface area contributed by atoms with E-state index in [0.717, 1.165) is 22.9 Å². The zero-order valence-corrected chi connectivity index (χ0v) is 19.2. The molecular formula is C21H28BrN5O3. The molecule has 30 heavy (non-hydrogen) atoms. The van der Waals surface area contributed by atoms with Gasteiger partial charge in [0.15, 0.2) is 0 Å². The number of esters is 1. The maximum atomic E-state index is 13.1. The lowest BCUT2D eigenvalue weighted by molar-refractivity contribution is -0.139. The van der Waals surface area contributed by atoms with E-state index in [0.29, 0.717) is 29.6 Å². The number of fused-ring (bicyclic) bond motifs is 1. The lowest BCUT2D eigenvalue weighted by Gasteiger charge is -2.28. The number of nitrogens with one attached hydrogen (secondary N) is 1. The van der Waals surface area contributed by atoms with Crippen molar-refractivity contribution in [3.63, 3.8) is 0 Å². The van der Waals surface area contributed by atoms with Gasteiger partial charge in [-0.1, -0.05) is 60.1 Å². The third-order valence-electron chi connectivity index (χ3n) is 5.15. The van der Waals surface area contributed by atoms with Gasteiger partial charge >= 0.3 is 5.97 Å². The smallest absolute Gasteiger partial charge is 0.338 e. The van der Waals surface area contributed by atoms with Crippen LogP contribution in [0.3, 0.4) is 0 Å². The van der Waals surface area contributed by atoms with Crippen LogP contribution in [0.5, 0.6) is 5.75 Å². The number of hydrogen-bond donors (Lipinski definition) is 1. The summed E-state index contributed by atoms with van der Waals surface area (Å²) in [6.07, 6.45) is 6.78. The molecule has 0 spiro atoms. The molecule has 0 saturated carbocycles. The number of allylic oxidation sites excluding steroid dienone is 1. The minimum atomic E-state index is -0.555. The Morgan fingerprint density at radius 3 is 2.77 bits per heavy atom. The summed E-state index contributed by atoms with van der Waals surface area (Å²) in [5, 5.41) is 15.0. The first-order valence-electron chi connectivity index (χ1n) is 10.3. The SMILES string of the molecule is CCCCCCCCOC(=O)C1=C(C)Nc2nnnn2[C@@H]1c1cc(Br)ccc1OC. The molecule has 0 saturated heterocycles. The lowest BCUT2D eigenvalue weighted by atomic mass is 9.95. The van der Waals surface area contributed by atoms with Crippen LogP contribution in [0.4, 0.5) is 5.95 Å². The summed E-state index contributed by atoms with van der Waals surface area (Å²) in [7, 11) is 1.60. The molecule has 0 radical (unpaired) electrons. The van der Waals surface area contributed by atoms with E-state index in [2.05, 4.69) is 43.7 Å². The van der Waals surface area contributed by atoms with E-state index in [1.54, 1.807) is 11.8 Å². The van der Waals surface area contributed by atoms with Crippen LogP contribution in [0.15, 0.2) is 33.9 Å². The first-order valence-corrected chi connectivity index (χ1v) is 11.1. The van der Waals surface area contributed by atoms with Crippen LogP contribution in [0.2, 0.25) is 0 Å². The van der Waals surface area contributed by atoms with Crippen molar-refractivity contribution in [2.45, 2.75) is 58.4 Å². The average molecular weight is 478 g/mol. The fraction of sp³-hybridized carbons (Fsp3) is 0.524. The van der Waals surface area contributed by atoms with Gasteiger partial charge in [0.05, 0.1) is 19.3 Å². The van der Waals surface area contributed by atoms with Gasteiger partial charge in [0.2, 0.25) is 5.95 Å². The van der Waals surface area contributed by atoms with Gasteiger partial charge in [-0.3, -0.25) is 0 Å². The average Bonchev–Trinajstić information content (AvgIpc) is 3.19. The van der Waals surface area contributed by atoms with Crippen LogP contribution in [0.1, 0.15) is 64.0 Å². The number of unbranched alkanes of at least 4 members (excludes halogenated alkanes) is 5. The molecule has 1 aromatic carbocycles. The number of rotatable bonds is 10. The molecule has 0 aliphatic carbocycles. The quantitative estimate of drug-likeness (QED) is 0.393. The second kappa shape index (κ2) is 10.6. The number of hydrogen-bond acceptors (Lipinski definition) is 7. The molecule has 1 aromatic heterocycles. The number of ether oxygens (including phenoxy) is 2. The monoisotopic (exact) mass is 477 g/mol. The highest BCUT2D eigenvalue weighted by Crippen LogP contribution is 2.40. The standard InChI is InChI=1S/C21H28BrN5O3/c1-4-5-6-7-8-9-12-30-20(28)18-14(2)23-21-24-25-26-27(21)19(18)16-13-15(22)10-11-17(16)29-3/h10-11,13,19H,4-9,12H2,1-3H3,(H,23,24,26)/t19-/m1/s1. The van der Waals surface area contributed by atoms with E-state index >= 15 is 0 Å². The van der Waals surface area contributed by atoms with Crippen LogP contribution < -0.4 is 10.1 Å². The second-order valence-corrected chi connectivity index (χ2v) is 8.22. The largest absolute Gasteiger partial charge is 0.496 e. The van der Waals surface area contributed by atoms with Gasteiger partial charge in [-0.2, -0.15) is 4.68 Å². The number of anilines is 1. The van der Waals surface area contributed by atoms with Gasteiger partial charge in [-0.15, -0.1) is 0 Å². The maximum Gasteiger partial charge on any atom is 0.338 e. The van der Waals surface area contributed by atoms with Crippen molar-refractivity contribution in [1.82, 2.24) is 20.2 Å². The third-order valence-corrected chi connectivity index (χ3v) is 5.64. The number of aromatic nitrogens is 4. The second-order valence-electron chi connectivity index (χ2n) is 7.30. The minimum Gasteiger partial charge on any atom is -0.496 e. The Kier molecular flexibility index (Phi) is 7.84. The third kappa shape index (κ3) is 5.00. The summed E-state index contributed by atoms with van der Waals surface area (Å²) in [5.74, 6) is 0.731. The number of carbonyl (C=O) groups is 1. The molecule has 2 heterocycles. The van der Waals surface area contributed by atoms with Crippen LogP contribution in [0, 0.1) is 0 Å². The van der Waals surface area contributed by atoms with Gasteiger partial charge in [0.1, 0.15) is 11.8 Å².